The molecule has 2 aromatic rings. The number of carbonyl (C=O) groups is 2. The molecule has 33 heavy (non-hydrogen) atoms. The maximum atomic E-state index is 13.4. The summed E-state index contributed by atoms with van der Waals surface area (Å²) in [5.74, 6) is -0.174. The van der Waals surface area contributed by atoms with E-state index in [4.69, 9.17) is 4.74 Å². The molecule has 0 saturated carbocycles. The van der Waals surface area contributed by atoms with Crippen LogP contribution in [0, 0.1) is 6.92 Å². The zero-order valence-electron chi connectivity index (χ0n) is 19.9. The highest BCUT2D eigenvalue weighted by Gasteiger charge is 2.29. The molecule has 0 aromatic heterocycles. The van der Waals surface area contributed by atoms with Crippen molar-refractivity contribution in [1.29, 1.82) is 0 Å². The molecule has 0 unspecified atom stereocenters. The van der Waals surface area contributed by atoms with Crippen LogP contribution in [0.3, 0.4) is 0 Å². The predicted octanol–water partition coefficient (Wildman–Crippen LogP) is 2.71. The first-order chi connectivity index (χ1) is 15.6. The van der Waals surface area contributed by atoms with Gasteiger partial charge in [-0.2, -0.15) is 0 Å². The number of aryl methyl sites for hydroxylation is 1. The molecule has 9 heteroatoms. The minimum atomic E-state index is -3.76. The fourth-order valence-corrected chi connectivity index (χ4v) is 4.25. The van der Waals surface area contributed by atoms with Gasteiger partial charge < -0.3 is 15.0 Å². The smallest absolute Gasteiger partial charge is 0.244 e. The van der Waals surface area contributed by atoms with Crippen molar-refractivity contribution < 1.29 is 22.7 Å². The molecule has 2 aromatic carbocycles. The summed E-state index contributed by atoms with van der Waals surface area (Å²) in [7, 11) is -3.76. The molecule has 0 bridgehead atoms. The molecule has 0 aliphatic rings. The van der Waals surface area contributed by atoms with Crippen molar-refractivity contribution in [2.75, 3.05) is 30.3 Å². The first-order valence-corrected chi connectivity index (χ1v) is 12.7. The van der Waals surface area contributed by atoms with Crippen molar-refractivity contribution >= 4 is 27.5 Å². The van der Waals surface area contributed by atoms with Gasteiger partial charge in [0, 0.05) is 13.1 Å². The molecule has 0 fully saturated rings. The number of nitrogens with one attached hydrogen (secondary N) is 1. The third-order valence-electron chi connectivity index (χ3n) is 5.07. The SMILES string of the molecule is CCNC(=O)[C@H](C)N(Cc1cccc(C)c1)C(=O)CN(c1ccc(OCC)cc1)S(C)(=O)=O. The molecule has 2 rings (SSSR count). The Kier molecular flexibility index (Phi) is 9.28. The third kappa shape index (κ3) is 7.49. The van der Waals surface area contributed by atoms with E-state index in [1.54, 1.807) is 38.1 Å². The zero-order valence-corrected chi connectivity index (χ0v) is 20.7. The molecule has 8 nitrogen and oxygen atoms in total. The van der Waals surface area contributed by atoms with E-state index in [2.05, 4.69) is 5.32 Å². The van der Waals surface area contributed by atoms with Crippen LogP contribution >= 0.6 is 0 Å². The van der Waals surface area contributed by atoms with Crippen molar-refractivity contribution in [2.45, 2.75) is 40.3 Å². The number of anilines is 1. The van der Waals surface area contributed by atoms with Crippen LogP contribution in [0.15, 0.2) is 48.5 Å². The highest BCUT2D eigenvalue weighted by Crippen LogP contribution is 2.22. The van der Waals surface area contributed by atoms with E-state index in [1.807, 2.05) is 38.1 Å². The van der Waals surface area contributed by atoms with Gasteiger partial charge in [0.05, 0.1) is 18.6 Å². The number of amides is 2. The number of ether oxygens (including phenoxy) is 1. The molecule has 0 saturated heterocycles. The van der Waals surface area contributed by atoms with Gasteiger partial charge in [0.2, 0.25) is 21.8 Å². The number of hydrogen-bond acceptors (Lipinski definition) is 5. The third-order valence-corrected chi connectivity index (χ3v) is 6.21. The molecule has 1 atom stereocenters. The summed E-state index contributed by atoms with van der Waals surface area (Å²) in [6.07, 6.45) is 1.05. The van der Waals surface area contributed by atoms with Gasteiger partial charge in [-0.25, -0.2) is 8.42 Å². The van der Waals surface area contributed by atoms with Crippen molar-refractivity contribution in [3.8, 4) is 5.75 Å². The van der Waals surface area contributed by atoms with Crippen molar-refractivity contribution in [2.24, 2.45) is 0 Å². The fraction of sp³-hybridized carbons (Fsp3) is 0.417. The lowest BCUT2D eigenvalue weighted by Crippen LogP contribution is -2.51. The molecule has 2 amide bonds. The number of carbonyl (C=O) groups excluding carboxylic acids is 2. The lowest BCUT2D eigenvalue weighted by Gasteiger charge is -2.31. The lowest BCUT2D eigenvalue weighted by molar-refractivity contribution is -0.139. The standard InChI is InChI=1S/C24H33N3O5S/c1-6-25-24(29)19(4)26(16-20-10-8-9-18(3)15-20)23(28)17-27(33(5,30)31)21-11-13-22(14-12-21)32-7-2/h8-15,19H,6-7,16-17H2,1-5H3,(H,25,29)/t19-/m0/s1. The van der Waals surface area contributed by atoms with Gasteiger partial charge in [-0.1, -0.05) is 29.8 Å². The number of nitrogens with zero attached hydrogens (tertiary/aromatic N) is 2. The monoisotopic (exact) mass is 475 g/mol. The second kappa shape index (κ2) is 11.7. The van der Waals surface area contributed by atoms with Gasteiger partial charge in [-0.15, -0.1) is 0 Å². The predicted molar refractivity (Wildman–Crippen MR) is 130 cm³/mol. The Morgan fingerprint density at radius 1 is 1.09 bits per heavy atom. The molecule has 180 valence electrons. The largest absolute Gasteiger partial charge is 0.494 e. The summed E-state index contributed by atoms with van der Waals surface area (Å²) < 4.78 is 31.6. The molecular formula is C24H33N3O5S. The first-order valence-electron chi connectivity index (χ1n) is 10.9. The molecule has 0 spiro atoms. The number of likely N-dealkylation sites (N-methyl/N-ethyl adjacent to an activating group) is 1. The van der Waals surface area contributed by atoms with E-state index in [-0.39, 0.29) is 12.5 Å². The van der Waals surface area contributed by atoms with Gasteiger partial charge in [0.1, 0.15) is 18.3 Å². The summed E-state index contributed by atoms with van der Waals surface area (Å²) in [6.45, 7) is 7.90. The van der Waals surface area contributed by atoms with Crippen LogP contribution in [-0.4, -0.2) is 57.1 Å². The van der Waals surface area contributed by atoms with E-state index >= 15 is 0 Å². The van der Waals surface area contributed by atoms with Crippen LogP contribution in [0.4, 0.5) is 5.69 Å². The Morgan fingerprint density at radius 3 is 2.30 bits per heavy atom. The van der Waals surface area contributed by atoms with Crippen LogP contribution in [0.5, 0.6) is 5.75 Å². The highest BCUT2D eigenvalue weighted by molar-refractivity contribution is 7.92. The Morgan fingerprint density at radius 2 is 1.76 bits per heavy atom. The Hall–Kier alpha value is -3.07. The fourth-order valence-electron chi connectivity index (χ4n) is 3.40. The Bertz CT molecular complexity index is 1050. The van der Waals surface area contributed by atoms with Gasteiger partial charge in [-0.3, -0.25) is 13.9 Å². The summed E-state index contributed by atoms with van der Waals surface area (Å²) in [4.78, 5) is 27.4. The van der Waals surface area contributed by atoms with Gasteiger partial charge in [0.15, 0.2) is 0 Å². The van der Waals surface area contributed by atoms with E-state index in [0.29, 0.717) is 24.6 Å². The number of rotatable bonds is 11. The maximum Gasteiger partial charge on any atom is 0.244 e. The summed E-state index contributed by atoms with van der Waals surface area (Å²) >= 11 is 0. The average Bonchev–Trinajstić information content (AvgIpc) is 2.75. The normalized spacial score (nSPS) is 12.0. The highest BCUT2D eigenvalue weighted by atomic mass is 32.2. The van der Waals surface area contributed by atoms with Crippen molar-refractivity contribution in [3.05, 3.63) is 59.7 Å². The van der Waals surface area contributed by atoms with Crippen molar-refractivity contribution in [1.82, 2.24) is 10.2 Å². The zero-order chi connectivity index (χ0) is 24.6. The van der Waals surface area contributed by atoms with Crippen molar-refractivity contribution in [3.63, 3.8) is 0 Å². The topological polar surface area (TPSA) is 96.0 Å². The van der Waals surface area contributed by atoms with Gasteiger partial charge >= 0.3 is 0 Å². The van der Waals surface area contributed by atoms with Crippen LogP contribution in [0.25, 0.3) is 0 Å². The minimum Gasteiger partial charge on any atom is -0.494 e. The van der Waals surface area contributed by atoms with Crippen LogP contribution < -0.4 is 14.4 Å². The van der Waals surface area contributed by atoms with E-state index in [1.165, 1.54) is 4.90 Å². The van der Waals surface area contributed by atoms with E-state index in [9.17, 15) is 18.0 Å². The van der Waals surface area contributed by atoms with Gasteiger partial charge in [0.25, 0.3) is 0 Å². The summed E-state index contributed by atoms with van der Waals surface area (Å²) in [6, 6.07) is 13.4. The summed E-state index contributed by atoms with van der Waals surface area (Å²) in [5, 5.41) is 2.73. The van der Waals surface area contributed by atoms with E-state index < -0.39 is 28.5 Å². The number of hydrogen-bond donors (Lipinski definition) is 1. The molecule has 0 heterocycles. The molecule has 1 N–H and O–H groups in total. The summed E-state index contributed by atoms with van der Waals surface area (Å²) in [5.41, 5.74) is 2.22. The maximum absolute atomic E-state index is 13.4. The molecule has 0 aliphatic heterocycles. The minimum absolute atomic E-state index is 0.180. The van der Waals surface area contributed by atoms with Crippen LogP contribution in [0.2, 0.25) is 0 Å². The Balaban J connectivity index is 2.35. The first kappa shape index (κ1) is 26.2. The van der Waals surface area contributed by atoms with E-state index in [0.717, 1.165) is 21.7 Å². The molecule has 0 aliphatic carbocycles. The molecular weight excluding hydrogens is 442 g/mol. The van der Waals surface area contributed by atoms with Crippen LogP contribution in [0.1, 0.15) is 31.9 Å². The van der Waals surface area contributed by atoms with Crippen LogP contribution in [-0.2, 0) is 26.2 Å². The Labute approximate surface area is 196 Å². The second-order valence-corrected chi connectivity index (χ2v) is 9.68. The number of benzene rings is 2. The molecule has 0 radical (unpaired) electrons. The average molecular weight is 476 g/mol. The van der Waals surface area contributed by atoms with Gasteiger partial charge in [-0.05, 0) is 57.5 Å². The number of sulfonamides is 1. The second-order valence-electron chi connectivity index (χ2n) is 7.78. The quantitative estimate of drug-likeness (QED) is 0.539. The lowest BCUT2D eigenvalue weighted by atomic mass is 10.1.